The quantitative estimate of drug-likeness (QED) is 0.653. The molecule has 0 aliphatic rings. The minimum absolute atomic E-state index is 0.00890. The summed E-state index contributed by atoms with van der Waals surface area (Å²) in [4.78, 5) is 27.2. The molecule has 3 rings (SSSR count). The summed E-state index contributed by atoms with van der Waals surface area (Å²) in [5, 5.41) is -0.225. The van der Waals surface area contributed by atoms with E-state index in [-0.39, 0.29) is 26.5 Å². The first kappa shape index (κ1) is 16.2. The molecule has 0 aliphatic heterocycles. The first-order valence-electron chi connectivity index (χ1n) is 6.50. The van der Waals surface area contributed by atoms with E-state index in [9.17, 15) is 22.4 Å². The zero-order chi connectivity index (χ0) is 17.5. The molecule has 0 atom stereocenters. The zero-order valence-electron chi connectivity index (χ0n) is 11.8. The van der Waals surface area contributed by atoms with Gasteiger partial charge in [0, 0.05) is 0 Å². The maximum Gasteiger partial charge on any atom is 0.326 e. The number of fused-ring (bicyclic) bond motifs is 1. The van der Waals surface area contributed by atoms with E-state index in [0.717, 1.165) is 18.2 Å². The molecule has 24 heavy (non-hydrogen) atoms. The van der Waals surface area contributed by atoms with E-state index in [1.807, 2.05) is 4.98 Å². The molecule has 0 saturated heterocycles. The molecular formula is C14H9ClFN3O4S. The average Bonchev–Trinajstić information content (AvgIpc) is 2.50. The van der Waals surface area contributed by atoms with Crippen LogP contribution in [-0.4, -0.2) is 18.4 Å². The van der Waals surface area contributed by atoms with Crippen molar-refractivity contribution in [1.29, 1.82) is 0 Å². The number of hydrogen-bond donors (Lipinski definition) is 3. The van der Waals surface area contributed by atoms with Crippen LogP contribution in [0.2, 0.25) is 5.02 Å². The Morgan fingerprint density at radius 3 is 2.50 bits per heavy atom. The fraction of sp³-hybridized carbons (Fsp3) is 0. The number of aromatic nitrogens is 2. The van der Waals surface area contributed by atoms with Crippen molar-refractivity contribution in [1.82, 2.24) is 9.97 Å². The van der Waals surface area contributed by atoms with Crippen LogP contribution in [0.5, 0.6) is 0 Å². The Morgan fingerprint density at radius 2 is 1.79 bits per heavy atom. The Morgan fingerprint density at radius 1 is 1.04 bits per heavy atom. The highest BCUT2D eigenvalue weighted by Gasteiger charge is 2.16. The number of halogens is 2. The van der Waals surface area contributed by atoms with Crippen molar-refractivity contribution in [2.75, 3.05) is 4.72 Å². The van der Waals surface area contributed by atoms with Gasteiger partial charge in [0.15, 0.2) is 0 Å². The molecule has 2 aromatic carbocycles. The fourth-order valence-electron chi connectivity index (χ4n) is 2.09. The molecule has 7 nitrogen and oxygen atoms in total. The lowest BCUT2D eigenvalue weighted by Crippen LogP contribution is -2.22. The first-order chi connectivity index (χ1) is 11.3. The predicted molar refractivity (Wildman–Crippen MR) is 87.4 cm³/mol. The van der Waals surface area contributed by atoms with E-state index < -0.39 is 27.1 Å². The minimum Gasteiger partial charge on any atom is -0.307 e. The van der Waals surface area contributed by atoms with E-state index in [1.165, 1.54) is 18.2 Å². The van der Waals surface area contributed by atoms with Crippen molar-refractivity contribution in [2.24, 2.45) is 0 Å². The van der Waals surface area contributed by atoms with Gasteiger partial charge < -0.3 is 4.98 Å². The zero-order valence-corrected chi connectivity index (χ0v) is 13.3. The third-order valence-corrected chi connectivity index (χ3v) is 4.86. The van der Waals surface area contributed by atoms with Gasteiger partial charge in [0.05, 0.1) is 26.5 Å². The van der Waals surface area contributed by atoms with Crippen molar-refractivity contribution >= 4 is 38.2 Å². The third-order valence-electron chi connectivity index (χ3n) is 3.19. The number of nitrogens with one attached hydrogen (secondary N) is 3. The average molecular weight is 370 g/mol. The fourth-order valence-corrected chi connectivity index (χ4v) is 3.34. The number of anilines is 1. The van der Waals surface area contributed by atoms with Gasteiger partial charge in [0.1, 0.15) is 5.82 Å². The van der Waals surface area contributed by atoms with Gasteiger partial charge in [-0.15, -0.1) is 0 Å². The summed E-state index contributed by atoms with van der Waals surface area (Å²) in [6, 6.07) is 7.01. The van der Waals surface area contributed by atoms with E-state index in [0.29, 0.717) is 0 Å². The minimum atomic E-state index is -4.04. The normalized spacial score (nSPS) is 11.6. The number of rotatable bonds is 3. The van der Waals surface area contributed by atoms with Crippen LogP contribution in [0, 0.1) is 5.82 Å². The second kappa shape index (κ2) is 5.77. The summed E-state index contributed by atoms with van der Waals surface area (Å²) < 4.78 is 40.1. The number of aromatic amines is 2. The molecule has 0 aliphatic carbocycles. The van der Waals surface area contributed by atoms with Crippen LogP contribution < -0.4 is 16.0 Å². The molecule has 124 valence electrons. The SMILES string of the molecule is O=c1[nH]c(=O)c2cc(S(=O)(=O)Nc3ccc(F)c(Cl)c3)ccc2[nH]1. The summed E-state index contributed by atoms with van der Waals surface area (Å²) in [6.45, 7) is 0. The lowest BCUT2D eigenvalue weighted by Gasteiger charge is -2.09. The van der Waals surface area contributed by atoms with E-state index in [4.69, 9.17) is 11.6 Å². The highest BCUT2D eigenvalue weighted by molar-refractivity contribution is 7.92. The highest BCUT2D eigenvalue weighted by atomic mass is 35.5. The lowest BCUT2D eigenvalue weighted by molar-refractivity contribution is 0.601. The highest BCUT2D eigenvalue weighted by Crippen LogP contribution is 2.23. The molecule has 0 amide bonds. The van der Waals surface area contributed by atoms with Crippen molar-refractivity contribution < 1.29 is 12.8 Å². The third kappa shape index (κ3) is 3.03. The summed E-state index contributed by atoms with van der Waals surface area (Å²) in [5.41, 5.74) is -1.14. The number of hydrogen-bond acceptors (Lipinski definition) is 4. The Bertz CT molecular complexity index is 1170. The molecule has 0 fully saturated rings. The lowest BCUT2D eigenvalue weighted by atomic mass is 10.2. The molecule has 1 heterocycles. The summed E-state index contributed by atoms with van der Waals surface area (Å²) in [6.07, 6.45) is 0. The second-order valence-corrected chi connectivity index (χ2v) is 6.94. The molecule has 0 unspecified atom stereocenters. The van der Waals surface area contributed by atoms with Crippen molar-refractivity contribution in [2.45, 2.75) is 4.90 Å². The number of H-pyrrole nitrogens is 2. The summed E-state index contributed by atoms with van der Waals surface area (Å²) >= 11 is 5.61. The number of sulfonamides is 1. The molecule has 10 heteroatoms. The number of benzene rings is 2. The van der Waals surface area contributed by atoms with Crippen LogP contribution in [0.4, 0.5) is 10.1 Å². The van der Waals surface area contributed by atoms with Crippen LogP contribution >= 0.6 is 11.6 Å². The van der Waals surface area contributed by atoms with Gasteiger partial charge in [-0.2, -0.15) is 0 Å². The van der Waals surface area contributed by atoms with E-state index in [1.54, 1.807) is 0 Å². The van der Waals surface area contributed by atoms with Crippen LogP contribution in [-0.2, 0) is 10.0 Å². The van der Waals surface area contributed by atoms with Gasteiger partial charge in [0.25, 0.3) is 15.6 Å². The molecule has 3 N–H and O–H groups in total. The van der Waals surface area contributed by atoms with Crippen molar-refractivity contribution in [3.63, 3.8) is 0 Å². The van der Waals surface area contributed by atoms with Crippen LogP contribution in [0.25, 0.3) is 10.9 Å². The van der Waals surface area contributed by atoms with Crippen molar-refractivity contribution in [3.05, 3.63) is 68.1 Å². The van der Waals surface area contributed by atoms with Crippen LogP contribution in [0.15, 0.2) is 50.9 Å². The van der Waals surface area contributed by atoms with Gasteiger partial charge in [-0.1, -0.05) is 11.6 Å². The molecule has 0 bridgehead atoms. The topological polar surface area (TPSA) is 112 Å². The Hall–Kier alpha value is -2.65. The molecular weight excluding hydrogens is 361 g/mol. The van der Waals surface area contributed by atoms with E-state index in [2.05, 4.69) is 9.71 Å². The maximum absolute atomic E-state index is 13.1. The molecule has 1 aromatic heterocycles. The van der Waals surface area contributed by atoms with Crippen LogP contribution in [0.3, 0.4) is 0 Å². The monoisotopic (exact) mass is 369 g/mol. The van der Waals surface area contributed by atoms with Crippen LogP contribution in [0.1, 0.15) is 0 Å². The Kier molecular flexibility index (Phi) is 3.90. The molecule has 0 radical (unpaired) electrons. The van der Waals surface area contributed by atoms with Gasteiger partial charge in [-0.3, -0.25) is 14.5 Å². The van der Waals surface area contributed by atoms with Gasteiger partial charge >= 0.3 is 5.69 Å². The maximum atomic E-state index is 13.1. The van der Waals surface area contributed by atoms with E-state index >= 15 is 0 Å². The largest absolute Gasteiger partial charge is 0.326 e. The molecule has 3 aromatic rings. The Balaban J connectivity index is 2.06. The smallest absolute Gasteiger partial charge is 0.307 e. The molecule has 0 saturated carbocycles. The van der Waals surface area contributed by atoms with Gasteiger partial charge in [0.2, 0.25) is 0 Å². The molecule has 0 spiro atoms. The standard InChI is InChI=1S/C14H9ClFN3O4S/c15-10-5-7(1-3-11(10)16)19-24(22,23)8-2-4-12-9(6-8)13(20)18-14(21)17-12/h1-6,19H,(H2,17,18,20,21). The second-order valence-electron chi connectivity index (χ2n) is 4.85. The Labute approximate surface area is 139 Å². The van der Waals surface area contributed by atoms with Gasteiger partial charge in [-0.05, 0) is 36.4 Å². The summed E-state index contributed by atoms with van der Waals surface area (Å²) in [7, 11) is -4.04. The van der Waals surface area contributed by atoms with Gasteiger partial charge in [-0.25, -0.2) is 17.6 Å². The van der Waals surface area contributed by atoms with Crippen molar-refractivity contribution in [3.8, 4) is 0 Å². The predicted octanol–water partition coefficient (Wildman–Crippen LogP) is 1.81. The first-order valence-corrected chi connectivity index (χ1v) is 8.36. The summed E-state index contributed by atoms with van der Waals surface area (Å²) in [5.74, 6) is -0.680.